The Morgan fingerprint density at radius 3 is 2.79 bits per heavy atom. The fourth-order valence-electron chi connectivity index (χ4n) is 1.21. The van der Waals surface area contributed by atoms with Gasteiger partial charge in [-0.1, -0.05) is 23.2 Å². The Hall–Kier alpha value is -0.860. The minimum Gasteiger partial charge on any atom is -0.388 e. The molecule has 1 N–H and O–H groups in total. The summed E-state index contributed by atoms with van der Waals surface area (Å²) in [4.78, 5) is 0. The van der Waals surface area contributed by atoms with Gasteiger partial charge in [-0.05, 0) is 25.5 Å². The minimum absolute atomic E-state index is 0.261. The molecular weight excluding hydrogens is 203 g/mol. The Labute approximate surface area is 87.8 Å². The van der Waals surface area contributed by atoms with Gasteiger partial charge in [-0.25, -0.2) is 4.39 Å². The van der Waals surface area contributed by atoms with Gasteiger partial charge in [0.1, 0.15) is 5.82 Å². The zero-order valence-electron chi connectivity index (χ0n) is 7.93. The van der Waals surface area contributed by atoms with Crippen molar-refractivity contribution < 1.29 is 9.50 Å². The summed E-state index contributed by atoms with van der Waals surface area (Å²) in [6, 6.07) is 4.24. The Balaban J connectivity index is 2.90. The van der Waals surface area contributed by atoms with Crippen LogP contribution in [0.15, 0.2) is 30.4 Å². The van der Waals surface area contributed by atoms with Crippen molar-refractivity contribution in [3.8, 4) is 0 Å². The highest BCUT2D eigenvalue weighted by atomic mass is 35.5. The number of aliphatic hydroxyl groups excluding tert-OH is 1. The molecule has 0 aliphatic heterocycles. The second-order valence-corrected chi connectivity index (χ2v) is 3.78. The van der Waals surface area contributed by atoms with E-state index < -0.39 is 11.9 Å². The fraction of sp³-hybridized carbons (Fsp3) is 0.273. The zero-order valence-corrected chi connectivity index (χ0v) is 8.68. The summed E-state index contributed by atoms with van der Waals surface area (Å²) in [6.07, 6.45) is -0.483. The van der Waals surface area contributed by atoms with Crippen molar-refractivity contribution in [3.63, 3.8) is 0 Å². The molecule has 1 atom stereocenters. The quantitative estimate of drug-likeness (QED) is 0.764. The van der Waals surface area contributed by atoms with E-state index >= 15 is 0 Å². The smallest absolute Gasteiger partial charge is 0.130 e. The third kappa shape index (κ3) is 2.82. The molecule has 1 unspecified atom stereocenters. The Bertz CT molecular complexity index is 349. The lowest BCUT2D eigenvalue weighted by Gasteiger charge is -2.11. The van der Waals surface area contributed by atoms with Crippen LogP contribution in [0, 0.1) is 5.82 Å². The number of hydrogen-bond donors (Lipinski definition) is 1. The maximum Gasteiger partial charge on any atom is 0.130 e. The Morgan fingerprint density at radius 2 is 2.29 bits per heavy atom. The summed E-state index contributed by atoms with van der Waals surface area (Å²) < 4.78 is 13.3. The third-order valence-corrected chi connectivity index (χ3v) is 2.10. The monoisotopic (exact) mass is 214 g/mol. The largest absolute Gasteiger partial charge is 0.388 e. The van der Waals surface area contributed by atoms with Crippen LogP contribution in [0.2, 0.25) is 5.02 Å². The topological polar surface area (TPSA) is 20.2 Å². The van der Waals surface area contributed by atoms with Gasteiger partial charge >= 0.3 is 0 Å². The first-order chi connectivity index (χ1) is 6.50. The van der Waals surface area contributed by atoms with Crippen LogP contribution in [0.5, 0.6) is 0 Å². The van der Waals surface area contributed by atoms with Crippen LogP contribution >= 0.6 is 11.6 Å². The molecular formula is C11H12ClFO. The van der Waals surface area contributed by atoms with Crippen LogP contribution in [0.4, 0.5) is 4.39 Å². The van der Waals surface area contributed by atoms with Gasteiger partial charge in [0.05, 0.1) is 6.10 Å². The van der Waals surface area contributed by atoms with E-state index in [-0.39, 0.29) is 5.56 Å². The van der Waals surface area contributed by atoms with E-state index in [0.29, 0.717) is 11.4 Å². The molecule has 1 aromatic rings. The number of hydrogen-bond acceptors (Lipinski definition) is 1. The molecule has 1 aromatic carbocycles. The van der Waals surface area contributed by atoms with Crippen LogP contribution in [0.1, 0.15) is 25.0 Å². The number of benzene rings is 1. The first-order valence-electron chi connectivity index (χ1n) is 4.28. The molecule has 3 heteroatoms. The predicted octanol–water partition coefficient (Wildman–Crippen LogP) is 3.48. The summed E-state index contributed by atoms with van der Waals surface area (Å²) in [7, 11) is 0. The number of aliphatic hydroxyl groups is 1. The second kappa shape index (κ2) is 4.58. The molecule has 0 bridgehead atoms. The summed E-state index contributed by atoms with van der Waals surface area (Å²) in [6.45, 7) is 5.45. The summed E-state index contributed by atoms with van der Waals surface area (Å²) in [5.74, 6) is -0.480. The number of halogens is 2. The van der Waals surface area contributed by atoms with Crippen LogP contribution in [0.25, 0.3) is 0 Å². The van der Waals surface area contributed by atoms with Crippen LogP contribution < -0.4 is 0 Å². The van der Waals surface area contributed by atoms with Gasteiger partial charge in [0.25, 0.3) is 0 Å². The normalized spacial score (nSPS) is 12.6. The van der Waals surface area contributed by atoms with Crippen molar-refractivity contribution in [2.24, 2.45) is 0 Å². The maximum absolute atomic E-state index is 13.3. The maximum atomic E-state index is 13.3. The molecule has 0 radical (unpaired) electrons. The minimum atomic E-state index is -0.843. The molecule has 0 fully saturated rings. The number of rotatable bonds is 3. The lowest BCUT2D eigenvalue weighted by Crippen LogP contribution is -2.00. The van der Waals surface area contributed by atoms with E-state index in [9.17, 15) is 9.50 Å². The van der Waals surface area contributed by atoms with E-state index in [4.69, 9.17) is 11.6 Å². The van der Waals surface area contributed by atoms with E-state index in [1.165, 1.54) is 12.1 Å². The van der Waals surface area contributed by atoms with Crippen LogP contribution in [-0.4, -0.2) is 5.11 Å². The van der Waals surface area contributed by atoms with Gasteiger partial charge in [0, 0.05) is 10.6 Å². The van der Waals surface area contributed by atoms with Crippen molar-refractivity contribution in [2.45, 2.75) is 19.4 Å². The predicted molar refractivity (Wildman–Crippen MR) is 55.8 cm³/mol. The van der Waals surface area contributed by atoms with Gasteiger partial charge in [-0.15, -0.1) is 6.58 Å². The highest BCUT2D eigenvalue weighted by Gasteiger charge is 2.12. The van der Waals surface area contributed by atoms with Crippen LogP contribution in [0.3, 0.4) is 0 Å². The molecule has 0 spiro atoms. The van der Waals surface area contributed by atoms with Crippen LogP contribution in [-0.2, 0) is 0 Å². The Kier molecular flexibility index (Phi) is 3.67. The van der Waals surface area contributed by atoms with Crippen molar-refractivity contribution in [2.75, 3.05) is 0 Å². The molecule has 0 saturated heterocycles. The van der Waals surface area contributed by atoms with Crippen molar-refractivity contribution >= 4 is 11.6 Å². The molecule has 0 saturated carbocycles. The summed E-state index contributed by atoms with van der Waals surface area (Å²) in [5.41, 5.74) is 1.07. The van der Waals surface area contributed by atoms with E-state index in [2.05, 4.69) is 6.58 Å². The average Bonchev–Trinajstić information content (AvgIpc) is 2.01. The lowest BCUT2D eigenvalue weighted by molar-refractivity contribution is 0.173. The first kappa shape index (κ1) is 11.2. The van der Waals surface area contributed by atoms with Gasteiger partial charge < -0.3 is 5.11 Å². The molecule has 14 heavy (non-hydrogen) atoms. The lowest BCUT2D eigenvalue weighted by atomic mass is 10.0. The summed E-state index contributed by atoms with van der Waals surface area (Å²) in [5, 5.41) is 9.95. The van der Waals surface area contributed by atoms with Crippen molar-refractivity contribution in [3.05, 3.63) is 46.8 Å². The highest BCUT2D eigenvalue weighted by Crippen LogP contribution is 2.24. The molecule has 0 heterocycles. The molecule has 76 valence electrons. The fourth-order valence-corrected chi connectivity index (χ4v) is 1.37. The molecule has 0 aliphatic rings. The highest BCUT2D eigenvalue weighted by molar-refractivity contribution is 6.30. The van der Waals surface area contributed by atoms with Gasteiger partial charge in [0.2, 0.25) is 0 Å². The van der Waals surface area contributed by atoms with Gasteiger partial charge in [0.15, 0.2) is 0 Å². The molecule has 0 aromatic heterocycles. The molecule has 0 aliphatic carbocycles. The zero-order chi connectivity index (χ0) is 10.7. The van der Waals surface area contributed by atoms with E-state index in [1.807, 2.05) is 0 Å². The SMILES string of the molecule is C=C(C)CC(O)c1ccc(Cl)cc1F. The van der Waals surface area contributed by atoms with Gasteiger partial charge in [-0.3, -0.25) is 0 Å². The summed E-state index contributed by atoms with van der Waals surface area (Å²) >= 11 is 5.59. The van der Waals surface area contributed by atoms with Gasteiger partial charge in [-0.2, -0.15) is 0 Å². The average molecular weight is 215 g/mol. The Morgan fingerprint density at radius 1 is 1.64 bits per heavy atom. The van der Waals surface area contributed by atoms with E-state index in [1.54, 1.807) is 13.0 Å². The standard InChI is InChI=1S/C11H12ClFO/c1-7(2)5-11(14)9-4-3-8(12)6-10(9)13/h3-4,6,11,14H,1,5H2,2H3. The first-order valence-corrected chi connectivity index (χ1v) is 4.66. The third-order valence-electron chi connectivity index (χ3n) is 1.86. The molecule has 1 nitrogen and oxygen atoms in total. The molecule has 1 rings (SSSR count). The second-order valence-electron chi connectivity index (χ2n) is 3.34. The van der Waals surface area contributed by atoms with Crippen molar-refractivity contribution in [1.82, 2.24) is 0 Å². The van der Waals surface area contributed by atoms with E-state index in [0.717, 1.165) is 5.57 Å². The molecule has 0 amide bonds. The van der Waals surface area contributed by atoms with Crippen molar-refractivity contribution in [1.29, 1.82) is 0 Å².